The van der Waals surface area contributed by atoms with Crippen molar-refractivity contribution in [1.29, 1.82) is 0 Å². The summed E-state index contributed by atoms with van der Waals surface area (Å²) in [6, 6.07) is 7.95. The number of benzene rings is 1. The van der Waals surface area contributed by atoms with Gasteiger partial charge < -0.3 is 5.11 Å². The van der Waals surface area contributed by atoms with Crippen LogP contribution in [-0.4, -0.2) is 5.11 Å². The molecule has 0 saturated carbocycles. The maximum absolute atomic E-state index is 13.0. The van der Waals surface area contributed by atoms with Crippen molar-refractivity contribution >= 4 is 38.9 Å². The van der Waals surface area contributed by atoms with Gasteiger partial charge in [-0.15, -0.1) is 11.3 Å². The molecule has 0 amide bonds. The van der Waals surface area contributed by atoms with Gasteiger partial charge in [-0.05, 0) is 39.7 Å². The largest absolute Gasteiger partial charge is 0.387 e. The van der Waals surface area contributed by atoms with Gasteiger partial charge in [0, 0.05) is 11.3 Å². The molecule has 0 saturated heterocycles. The predicted octanol–water partition coefficient (Wildman–Crippen LogP) is 4.58. The maximum atomic E-state index is 13.0. The molecule has 0 bridgehead atoms. The first kappa shape index (κ1) is 13.0. The molecule has 5 heteroatoms. The van der Waals surface area contributed by atoms with Crippen LogP contribution in [0.3, 0.4) is 0 Å². The lowest BCUT2D eigenvalue weighted by Crippen LogP contribution is -1.99. The van der Waals surface area contributed by atoms with Gasteiger partial charge in [-0.1, -0.05) is 23.7 Å². The third-order valence-electron chi connectivity index (χ3n) is 2.31. The number of thiophene rings is 1. The van der Waals surface area contributed by atoms with Crippen molar-refractivity contribution in [2.75, 3.05) is 0 Å². The summed E-state index contributed by atoms with van der Waals surface area (Å²) in [4.78, 5) is 0.770. The molecule has 0 aliphatic heterocycles. The Labute approximate surface area is 116 Å². The first-order chi connectivity index (χ1) is 8.06. The zero-order chi connectivity index (χ0) is 12.4. The van der Waals surface area contributed by atoms with Crippen LogP contribution in [0.2, 0.25) is 5.02 Å². The Kier molecular flexibility index (Phi) is 4.20. The Bertz CT molecular complexity index is 509. The van der Waals surface area contributed by atoms with Crippen LogP contribution in [0.4, 0.5) is 4.39 Å². The molecule has 90 valence electrons. The standard InChI is InChI=1S/C12H9BrClFOS/c13-12-9(14)6-11(17-12)10(16)5-7-2-1-3-8(15)4-7/h1-4,6,10,16H,5H2. The summed E-state index contributed by atoms with van der Waals surface area (Å²) < 4.78 is 13.8. The number of halogens is 3. The van der Waals surface area contributed by atoms with Crippen molar-refractivity contribution in [3.05, 3.63) is 55.4 Å². The summed E-state index contributed by atoms with van der Waals surface area (Å²) in [5.41, 5.74) is 0.762. The van der Waals surface area contributed by atoms with Gasteiger partial charge >= 0.3 is 0 Å². The summed E-state index contributed by atoms with van der Waals surface area (Å²) in [5.74, 6) is -0.292. The molecule has 1 aromatic carbocycles. The van der Waals surface area contributed by atoms with E-state index in [4.69, 9.17) is 11.6 Å². The summed E-state index contributed by atoms with van der Waals surface area (Å²) in [6.07, 6.45) is -0.285. The first-order valence-corrected chi connectivity index (χ1v) is 6.92. The molecule has 1 aromatic heterocycles. The van der Waals surface area contributed by atoms with Crippen molar-refractivity contribution in [3.63, 3.8) is 0 Å². The molecular formula is C12H9BrClFOS. The minimum atomic E-state index is -0.661. The Morgan fingerprint density at radius 2 is 2.18 bits per heavy atom. The van der Waals surface area contributed by atoms with E-state index in [0.29, 0.717) is 11.4 Å². The van der Waals surface area contributed by atoms with Crippen LogP contribution in [-0.2, 0) is 6.42 Å². The number of hydrogen-bond acceptors (Lipinski definition) is 2. The highest BCUT2D eigenvalue weighted by Crippen LogP contribution is 2.36. The van der Waals surface area contributed by atoms with E-state index in [1.54, 1.807) is 18.2 Å². The lowest BCUT2D eigenvalue weighted by molar-refractivity contribution is 0.182. The van der Waals surface area contributed by atoms with Crippen LogP contribution in [0.1, 0.15) is 16.5 Å². The van der Waals surface area contributed by atoms with E-state index in [2.05, 4.69) is 15.9 Å². The molecule has 1 nitrogen and oxygen atoms in total. The SMILES string of the molecule is OC(Cc1cccc(F)c1)c1cc(Cl)c(Br)s1. The fourth-order valence-electron chi connectivity index (χ4n) is 1.52. The smallest absolute Gasteiger partial charge is 0.123 e. The topological polar surface area (TPSA) is 20.2 Å². The van der Waals surface area contributed by atoms with Crippen molar-refractivity contribution in [1.82, 2.24) is 0 Å². The van der Waals surface area contributed by atoms with Gasteiger partial charge in [0.2, 0.25) is 0 Å². The zero-order valence-corrected chi connectivity index (χ0v) is 11.8. The summed E-state index contributed by atoms with van der Waals surface area (Å²) in [5, 5.41) is 10.6. The van der Waals surface area contributed by atoms with E-state index >= 15 is 0 Å². The fourth-order valence-corrected chi connectivity index (χ4v) is 3.25. The predicted molar refractivity (Wildman–Crippen MR) is 72.1 cm³/mol. The Balaban J connectivity index is 2.14. The zero-order valence-electron chi connectivity index (χ0n) is 8.66. The van der Waals surface area contributed by atoms with Crippen molar-refractivity contribution < 1.29 is 9.50 Å². The molecule has 0 spiro atoms. The van der Waals surface area contributed by atoms with Crippen LogP contribution in [0.25, 0.3) is 0 Å². The number of aliphatic hydroxyl groups excluding tert-OH is 1. The van der Waals surface area contributed by atoms with Crippen LogP contribution in [0, 0.1) is 5.82 Å². The van der Waals surface area contributed by atoms with Crippen LogP contribution in [0.5, 0.6) is 0 Å². The summed E-state index contributed by atoms with van der Waals surface area (Å²) >= 11 is 10.6. The molecule has 0 aliphatic carbocycles. The van der Waals surface area contributed by atoms with Crippen molar-refractivity contribution in [3.8, 4) is 0 Å². The lowest BCUT2D eigenvalue weighted by atomic mass is 10.1. The summed E-state index contributed by atoms with van der Waals surface area (Å²) in [6.45, 7) is 0. The molecule has 2 aromatic rings. The van der Waals surface area contributed by atoms with E-state index in [1.165, 1.54) is 23.5 Å². The second-order valence-electron chi connectivity index (χ2n) is 3.62. The molecular weight excluding hydrogens is 327 g/mol. The highest BCUT2D eigenvalue weighted by atomic mass is 79.9. The molecule has 0 fully saturated rings. The van der Waals surface area contributed by atoms with Crippen LogP contribution >= 0.6 is 38.9 Å². The van der Waals surface area contributed by atoms with Gasteiger partial charge in [-0.2, -0.15) is 0 Å². The second kappa shape index (κ2) is 5.48. The third-order valence-corrected chi connectivity index (χ3v) is 4.89. The molecule has 1 N–H and O–H groups in total. The Hall–Kier alpha value is -0.420. The minimum absolute atomic E-state index is 0.292. The fraction of sp³-hybridized carbons (Fsp3) is 0.167. The third kappa shape index (κ3) is 3.28. The van der Waals surface area contributed by atoms with E-state index in [-0.39, 0.29) is 5.82 Å². The van der Waals surface area contributed by atoms with Gasteiger partial charge in [0.1, 0.15) is 5.82 Å². The first-order valence-electron chi connectivity index (χ1n) is 4.93. The number of aliphatic hydroxyl groups is 1. The molecule has 17 heavy (non-hydrogen) atoms. The summed E-state index contributed by atoms with van der Waals surface area (Å²) in [7, 11) is 0. The number of rotatable bonds is 3. The van der Waals surface area contributed by atoms with E-state index in [1.807, 2.05) is 0 Å². The Morgan fingerprint density at radius 3 is 2.76 bits per heavy atom. The van der Waals surface area contributed by atoms with Crippen molar-refractivity contribution in [2.45, 2.75) is 12.5 Å². The molecule has 1 heterocycles. The monoisotopic (exact) mass is 334 g/mol. The average Bonchev–Trinajstić information content (AvgIpc) is 2.59. The number of hydrogen-bond donors (Lipinski definition) is 1. The molecule has 1 unspecified atom stereocenters. The van der Waals surface area contributed by atoms with Crippen molar-refractivity contribution in [2.24, 2.45) is 0 Å². The quantitative estimate of drug-likeness (QED) is 0.870. The lowest BCUT2D eigenvalue weighted by Gasteiger charge is -2.08. The van der Waals surface area contributed by atoms with Crippen LogP contribution < -0.4 is 0 Å². The average molecular weight is 336 g/mol. The van der Waals surface area contributed by atoms with E-state index < -0.39 is 6.10 Å². The Morgan fingerprint density at radius 1 is 1.41 bits per heavy atom. The molecule has 2 rings (SSSR count). The molecule has 0 aliphatic rings. The van der Waals surface area contributed by atoms with Gasteiger partial charge in [0.15, 0.2) is 0 Å². The van der Waals surface area contributed by atoms with Crippen LogP contribution in [0.15, 0.2) is 34.1 Å². The van der Waals surface area contributed by atoms with Gasteiger partial charge in [0.25, 0.3) is 0 Å². The normalized spacial score (nSPS) is 12.7. The minimum Gasteiger partial charge on any atom is -0.387 e. The highest BCUT2D eigenvalue weighted by Gasteiger charge is 2.14. The van der Waals surface area contributed by atoms with Gasteiger partial charge in [-0.3, -0.25) is 0 Å². The van der Waals surface area contributed by atoms with E-state index in [0.717, 1.165) is 14.2 Å². The molecule has 0 radical (unpaired) electrons. The van der Waals surface area contributed by atoms with Gasteiger partial charge in [-0.25, -0.2) is 4.39 Å². The van der Waals surface area contributed by atoms with Gasteiger partial charge in [0.05, 0.1) is 14.9 Å². The second-order valence-corrected chi connectivity index (χ2v) is 6.43. The maximum Gasteiger partial charge on any atom is 0.123 e. The highest BCUT2D eigenvalue weighted by molar-refractivity contribution is 9.11. The molecule has 1 atom stereocenters. The van der Waals surface area contributed by atoms with E-state index in [9.17, 15) is 9.50 Å².